The first-order valence-electron chi connectivity index (χ1n) is 8.84. The lowest BCUT2D eigenvalue weighted by atomic mass is 9.91. The summed E-state index contributed by atoms with van der Waals surface area (Å²) in [7, 11) is 0. The van der Waals surface area contributed by atoms with Crippen LogP contribution in [-0.2, 0) is 11.2 Å². The zero-order valence-electron chi connectivity index (χ0n) is 14.6. The van der Waals surface area contributed by atoms with Crippen LogP contribution < -0.4 is 4.74 Å². The average molecular weight is 342 g/mol. The Hall–Kier alpha value is -2.49. The van der Waals surface area contributed by atoms with E-state index >= 15 is 0 Å². The number of aliphatic carboxylic acids is 1. The topological polar surface area (TPSA) is 66.8 Å². The molecule has 0 aliphatic heterocycles. The van der Waals surface area contributed by atoms with Gasteiger partial charge in [0.25, 0.3) is 0 Å². The first-order chi connectivity index (χ1) is 12.1. The second-order valence-electron chi connectivity index (χ2n) is 6.21. The van der Waals surface area contributed by atoms with Gasteiger partial charge in [-0.15, -0.1) is 0 Å². The summed E-state index contributed by atoms with van der Waals surface area (Å²) in [6.45, 7) is 2.81. The number of phenols is 1. The summed E-state index contributed by atoms with van der Waals surface area (Å²) in [6.07, 6.45) is 4.84. The van der Waals surface area contributed by atoms with Gasteiger partial charge in [-0.2, -0.15) is 0 Å². The minimum Gasteiger partial charge on any atom is -0.508 e. The van der Waals surface area contributed by atoms with Crippen molar-refractivity contribution in [1.82, 2.24) is 0 Å². The fourth-order valence-electron chi connectivity index (χ4n) is 2.83. The molecular weight excluding hydrogens is 316 g/mol. The maximum atomic E-state index is 11.7. The van der Waals surface area contributed by atoms with Gasteiger partial charge in [0.2, 0.25) is 0 Å². The van der Waals surface area contributed by atoms with Crippen molar-refractivity contribution in [2.24, 2.45) is 0 Å². The van der Waals surface area contributed by atoms with Crippen LogP contribution in [0.2, 0.25) is 0 Å². The van der Waals surface area contributed by atoms with Gasteiger partial charge in [-0.05, 0) is 42.2 Å². The second-order valence-corrected chi connectivity index (χ2v) is 6.21. The quantitative estimate of drug-likeness (QED) is 0.611. The van der Waals surface area contributed by atoms with Crippen molar-refractivity contribution < 1.29 is 19.7 Å². The molecule has 0 radical (unpaired) electrons. The molecule has 0 saturated carbocycles. The van der Waals surface area contributed by atoms with Crippen LogP contribution in [0.15, 0.2) is 48.5 Å². The molecule has 0 aliphatic rings. The number of carboxylic acid groups (broad SMARTS) is 1. The highest BCUT2D eigenvalue weighted by Gasteiger charge is 2.22. The van der Waals surface area contributed by atoms with Gasteiger partial charge < -0.3 is 14.9 Å². The molecule has 1 atom stereocenters. The van der Waals surface area contributed by atoms with Crippen LogP contribution in [0.5, 0.6) is 11.5 Å². The molecule has 0 heterocycles. The fraction of sp³-hybridized carbons (Fsp3) is 0.381. The molecule has 2 rings (SSSR count). The molecule has 0 aliphatic carbocycles. The third-order valence-corrected chi connectivity index (χ3v) is 4.22. The molecule has 2 aromatic carbocycles. The van der Waals surface area contributed by atoms with E-state index in [1.807, 2.05) is 24.3 Å². The number of carbonyl (C=O) groups is 1. The van der Waals surface area contributed by atoms with E-state index in [-0.39, 0.29) is 5.75 Å². The molecule has 1 unspecified atom stereocenters. The van der Waals surface area contributed by atoms with Crippen molar-refractivity contribution in [1.29, 1.82) is 0 Å². The van der Waals surface area contributed by atoms with Gasteiger partial charge in [0.15, 0.2) is 0 Å². The SMILES string of the molecule is CCCCCCOc1ccccc1CC(C(=O)O)c1cccc(O)c1. The second kappa shape index (κ2) is 9.72. The summed E-state index contributed by atoms with van der Waals surface area (Å²) < 4.78 is 5.88. The summed E-state index contributed by atoms with van der Waals surface area (Å²) in [4.78, 5) is 11.7. The summed E-state index contributed by atoms with van der Waals surface area (Å²) in [6, 6.07) is 14.0. The number of benzene rings is 2. The Morgan fingerprint density at radius 3 is 2.60 bits per heavy atom. The van der Waals surface area contributed by atoms with E-state index in [0.717, 1.165) is 24.2 Å². The first-order valence-corrected chi connectivity index (χ1v) is 8.84. The molecule has 25 heavy (non-hydrogen) atoms. The van der Waals surface area contributed by atoms with E-state index in [4.69, 9.17) is 4.74 Å². The number of para-hydroxylation sites is 1. The summed E-state index contributed by atoms with van der Waals surface area (Å²) in [5, 5.41) is 19.3. The molecule has 2 aromatic rings. The van der Waals surface area contributed by atoms with Crippen LogP contribution in [0, 0.1) is 0 Å². The summed E-state index contributed by atoms with van der Waals surface area (Å²) >= 11 is 0. The normalized spacial score (nSPS) is 11.9. The van der Waals surface area contributed by atoms with Gasteiger partial charge in [-0.1, -0.05) is 56.5 Å². The number of hydrogen-bond acceptors (Lipinski definition) is 3. The zero-order valence-corrected chi connectivity index (χ0v) is 14.6. The zero-order chi connectivity index (χ0) is 18.1. The molecule has 2 N–H and O–H groups in total. The van der Waals surface area contributed by atoms with Crippen molar-refractivity contribution in [3.05, 3.63) is 59.7 Å². The number of rotatable bonds is 10. The Balaban J connectivity index is 2.10. The van der Waals surface area contributed by atoms with Crippen molar-refractivity contribution >= 4 is 5.97 Å². The summed E-state index contributed by atoms with van der Waals surface area (Å²) in [5.41, 5.74) is 1.46. The lowest BCUT2D eigenvalue weighted by Crippen LogP contribution is -2.15. The van der Waals surface area contributed by atoms with E-state index in [2.05, 4.69) is 6.92 Å². The number of carboxylic acids is 1. The fourth-order valence-corrected chi connectivity index (χ4v) is 2.83. The molecule has 0 bridgehead atoms. The van der Waals surface area contributed by atoms with Crippen molar-refractivity contribution in [2.75, 3.05) is 6.61 Å². The monoisotopic (exact) mass is 342 g/mol. The van der Waals surface area contributed by atoms with Crippen molar-refractivity contribution in [3.8, 4) is 11.5 Å². The highest BCUT2D eigenvalue weighted by atomic mass is 16.5. The van der Waals surface area contributed by atoms with E-state index in [9.17, 15) is 15.0 Å². The van der Waals surface area contributed by atoms with Crippen LogP contribution in [-0.4, -0.2) is 22.8 Å². The van der Waals surface area contributed by atoms with Crippen LogP contribution in [0.4, 0.5) is 0 Å². The minimum absolute atomic E-state index is 0.0733. The third kappa shape index (κ3) is 5.82. The van der Waals surface area contributed by atoms with Gasteiger partial charge in [0.1, 0.15) is 11.5 Å². The van der Waals surface area contributed by atoms with Crippen molar-refractivity contribution in [3.63, 3.8) is 0 Å². The predicted molar refractivity (Wildman–Crippen MR) is 98.3 cm³/mol. The molecule has 0 fully saturated rings. The maximum absolute atomic E-state index is 11.7. The van der Waals surface area contributed by atoms with Gasteiger partial charge in [0, 0.05) is 0 Å². The molecule has 0 aromatic heterocycles. The number of aromatic hydroxyl groups is 1. The van der Waals surface area contributed by atoms with Gasteiger partial charge in [0.05, 0.1) is 12.5 Å². The lowest BCUT2D eigenvalue weighted by Gasteiger charge is -2.16. The van der Waals surface area contributed by atoms with Crippen LogP contribution in [0.1, 0.15) is 49.7 Å². The van der Waals surface area contributed by atoms with Gasteiger partial charge in [-0.25, -0.2) is 0 Å². The van der Waals surface area contributed by atoms with E-state index < -0.39 is 11.9 Å². The largest absolute Gasteiger partial charge is 0.508 e. The molecule has 0 spiro atoms. The Bertz CT molecular complexity index is 681. The molecule has 4 nitrogen and oxygen atoms in total. The minimum atomic E-state index is -0.914. The highest BCUT2D eigenvalue weighted by molar-refractivity contribution is 5.77. The highest BCUT2D eigenvalue weighted by Crippen LogP contribution is 2.28. The number of phenolic OH excluding ortho intramolecular Hbond substituents is 1. The van der Waals surface area contributed by atoms with Gasteiger partial charge >= 0.3 is 5.97 Å². The molecule has 0 saturated heterocycles. The van der Waals surface area contributed by atoms with Crippen LogP contribution in [0.3, 0.4) is 0 Å². The number of unbranched alkanes of at least 4 members (excludes halogenated alkanes) is 3. The Kier molecular flexibility index (Phi) is 7.33. The average Bonchev–Trinajstić information content (AvgIpc) is 2.60. The Labute approximate surface area is 149 Å². The smallest absolute Gasteiger partial charge is 0.311 e. The summed E-state index contributed by atoms with van der Waals surface area (Å²) in [5.74, 6) is -0.824. The molecule has 0 amide bonds. The van der Waals surface area contributed by atoms with E-state index in [1.165, 1.54) is 25.0 Å². The van der Waals surface area contributed by atoms with E-state index in [1.54, 1.807) is 12.1 Å². The molecular formula is C21H26O4. The molecule has 134 valence electrons. The Morgan fingerprint density at radius 1 is 1.08 bits per heavy atom. The Morgan fingerprint density at radius 2 is 1.88 bits per heavy atom. The first kappa shape index (κ1) is 18.8. The van der Waals surface area contributed by atoms with E-state index in [0.29, 0.717) is 18.6 Å². The number of hydrogen-bond donors (Lipinski definition) is 2. The molecule has 4 heteroatoms. The van der Waals surface area contributed by atoms with Gasteiger partial charge in [-0.3, -0.25) is 4.79 Å². The standard InChI is InChI=1S/C21H26O4/c1-2-3-4-7-13-25-20-12-6-5-9-17(20)15-19(21(23)24)16-10-8-11-18(22)14-16/h5-6,8-12,14,19,22H,2-4,7,13,15H2,1H3,(H,23,24). The number of ether oxygens (including phenoxy) is 1. The van der Waals surface area contributed by atoms with Crippen LogP contribution >= 0.6 is 0 Å². The third-order valence-electron chi connectivity index (χ3n) is 4.22. The lowest BCUT2D eigenvalue weighted by molar-refractivity contribution is -0.138. The predicted octanol–water partition coefficient (Wildman–Crippen LogP) is 4.76. The maximum Gasteiger partial charge on any atom is 0.311 e. The van der Waals surface area contributed by atoms with Crippen molar-refractivity contribution in [2.45, 2.75) is 44.9 Å². The van der Waals surface area contributed by atoms with Crippen LogP contribution in [0.25, 0.3) is 0 Å².